The van der Waals surface area contributed by atoms with Gasteiger partial charge in [0.2, 0.25) is 0 Å². The molecule has 0 N–H and O–H groups in total. The minimum atomic E-state index is 0.118. The van der Waals surface area contributed by atoms with Crippen LogP contribution in [-0.4, -0.2) is 24.4 Å². The number of hydrogen-bond acceptors (Lipinski definition) is 1. The Hall–Kier alpha value is -0.350. The summed E-state index contributed by atoms with van der Waals surface area (Å²) in [5, 5.41) is 0. The van der Waals surface area contributed by atoms with E-state index in [1.807, 2.05) is 30.1 Å². The molecule has 1 amide bonds. The van der Waals surface area contributed by atoms with Crippen LogP contribution in [0.25, 0.3) is 0 Å². The maximum absolute atomic E-state index is 12.6. The van der Waals surface area contributed by atoms with Crippen LogP contribution in [0, 0.1) is 17.8 Å². The van der Waals surface area contributed by atoms with Gasteiger partial charge in [0.25, 0.3) is 5.91 Å². The first-order valence-electron chi connectivity index (χ1n) is 7.25. The van der Waals surface area contributed by atoms with Gasteiger partial charge < -0.3 is 4.90 Å². The lowest BCUT2D eigenvalue weighted by molar-refractivity contribution is 0.0753. The topological polar surface area (TPSA) is 20.3 Å². The van der Waals surface area contributed by atoms with E-state index in [1.165, 1.54) is 25.7 Å². The summed E-state index contributed by atoms with van der Waals surface area (Å²) < 4.78 is 1.84. The summed E-state index contributed by atoms with van der Waals surface area (Å²) in [6, 6.07) is 5.73. The van der Waals surface area contributed by atoms with Crippen molar-refractivity contribution in [1.82, 2.24) is 4.90 Å². The standard InChI is InChI=1S/C16H19Br2NO/c1-19(9-12-7-10-2-3-11(12)6-10)16(20)14-5-4-13(17)8-15(14)18/h4-5,8,10-12H,2-3,6-7,9H2,1H3. The van der Waals surface area contributed by atoms with Gasteiger partial charge in [0, 0.05) is 22.5 Å². The van der Waals surface area contributed by atoms with E-state index in [-0.39, 0.29) is 5.91 Å². The fraction of sp³-hybridized carbons (Fsp3) is 0.562. The predicted molar refractivity (Wildman–Crippen MR) is 87.7 cm³/mol. The fourth-order valence-corrected chi connectivity index (χ4v) is 5.12. The summed E-state index contributed by atoms with van der Waals surface area (Å²) in [5.74, 6) is 2.64. The number of hydrogen-bond donors (Lipinski definition) is 0. The third-order valence-electron chi connectivity index (χ3n) is 4.90. The number of carbonyl (C=O) groups excluding carboxylic acids is 1. The highest BCUT2D eigenvalue weighted by molar-refractivity contribution is 9.11. The van der Waals surface area contributed by atoms with Gasteiger partial charge in [0.1, 0.15) is 0 Å². The molecule has 0 heterocycles. The van der Waals surface area contributed by atoms with Crippen molar-refractivity contribution in [1.29, 1.82) is 0 Å². The number of carbonyl (C=O) groups is 1. The van der Waals surface area contributed by atoms with E-state index >= 15 is 0 Å². The number of benzene rings is 1. The quantitative estimate of drug-likeness (QED) is 0.718. The number of amides is 1. The van der Waals surface area contributed by atoms with Crippen LogP contribution >= 0.6 is 31.9 Å². The zero-order valence-electron chi connectivity index (χ0n) is 11.6. The molecule has 2 bridgehead atoms. The van der Waals surface area contributed by atoms with E-state index < -0.39 is 0 Å². The number of halogens is 2. The Morgan fingerprint density at radius 1 is 1.30 bits per heavy atom. The second-order valence-electron chi connectivity index (χ2n) is 6.24. The maximum atomic E-state index is 12.6. The second kappa shape index (κ2) is 5.80. The second-order valence-corrected chi connectivity index (χ2v) is 8.01. The van der Waals surface area contributed by atoms with Crippen LogP contribution in [0.2, 0.25) is 0 Å². The normalized spacial score (nSPS) is 27.9. The lowest BCUT2D eigenvalue weighted by atomic mass is 9.88. The molecule has 2 aliphatic carbocycles. The Balaban J connectivity index is 1.67. The molecular formula is C16H19Br2NO. The summed E-state index contributed by atoms with van der Waals surface area (Å²) in [7, 11) is 1.93. The van der Waals surface area contributed by atoms with Gasteiger partial charge in [-0.15, -0.1) is 0 Å². The largest absolute Gasteiger partial charge is 0.341 e. The SMILES string of the molecule is CN(CC1CC2CCC1C2)C(=O)c1ccc(Br)cc1Br. The Labute approximate surface area is 137 Å². The van der Waals surface area contributed by atoms with Gasteiger partial charge >= 0.3 is 0 Å². The summed E-state index contributed by atoms with van der Waals surface area (Å²) in [6.07, 6.45) is 5.51. The molecule has 3 rings (SSSR count). The molecule has 0 aliphatic heterocycles. The number of nitrogens with zero attached hydrogens (tertiary/aromatic N) is 1. The van der Waals surface area contributed by atoms with Crippen molar-refractivity contribution in [3.8, 4) is 0 Å². The molecule has 0 aromatic heterocycles. The fourth-order valence-electron chi connectivity index (χ4n) is 3.90. The minimum absolute atomic E-state index is 0.118. The summed E-state index contributed by atoms with van der Waals surface area (Å²) >= 11 is 6.90. The van der Waals surface area contributed by atoms with Gasteiger partial charge in [-0.05, 0) is 71.1 Å². The molecule has 2 nitrogen and oxygen atoms in total. The first kappa shape index (κ1) is 14.6. The third kappa shape index (κ3) is 2.82. The zero-order chi connectivity index (χ0) is 14.3. The molecule has 2 aliphatic rings. The smallest absolute Gasteiger partial charge is 0.254 e. The van der Waals surface area contributed by atoms with Crippen LogP contribution in [-0.2, 0) is 0 Å². The van der Waals surface area contributed by atoms with Gasteiger partial charge in [-0.2, -0.15) is 0 Å². The highest BCUT2D eigenvalue weighted by Gasteiger charge is 2.40. The van der Waals surface area contributed by atoms with Crippen molar-refractivity contribution >= 4 is 37.8 Å². The van der Waals surface area contributed by atoms with E-state index in [4.69, 9.17) is 0 Å². The number of rotatable bonds is 3. The Morgan fingerprint density at radius 2 is 2.10 bits per heavy atom. The van der Waals surface area contributed by atoms with Crippen molar-refractivity contribution in [3.63, 3.8) is 0 Å². The monoisotopic (exact) mass is 399 g/mol. The van der Waals surface area contributed by atoms with Crippen LogP contribution in [0.1, 0.15) is 36.0 Å². The minimum Gasteiger partial charge on any atom is -0.341 e. The summed E-state index contributed by atoms with van der Waals surface area (Å²) in [6.45, 7) is 0.905. The van der Waals surface area contributed by atoms with Crippen molar-refractivity contribution < 1.29 is 4.79 Å². The van der Waals surface area contributed by atoms with Gasteiger partial charge in [0.05, 0.1) is 5.56 Å². The van der Waals surface area contributed by atoms with E-state index in [9.17, 15) is 4.79 Å². The van der Waals surface area contributed by atoms with Crippen molar-refractivity contribution in [2.45, 2.75) is 25.7 Å². The van der Waals surface area contributed by atoms with Gasteiger partial charge in [0.15, 0.2) is 0 Å². The zero-order valence-corrected chi connectivity index (χ0v) is 14.8. The van der Waals surface area contributed by atoms with Crippen molar-refractivity contribution in [2.75, 3.05) is 13.6 Å². The van der Waals surface area contributed by atoms with E-state index in [0.29, 0.717) is 0 Å². The molecule has 0 spiro atoms. The molecule has 108 valence electrons. The Morgan fingerprint density at radius 3 is 2.70 bits per heavy atom. The van der Waals surface area contributed by atoms with E-state index in [2.05, 4.69) is 31.9 Å². The molecule has 2 saturated carbocycles. The molecular weight excluding hydrogens is 382 g/mol. The summed E-state index contributed by atoms with van der Waals surface area (Å²) in [4.78, 5) is 14.5. The molecule has 20 heavy (non-hydrogen) atoms. The van der Waals surface area contributed by atoms with Gasteiger partial charge in [-0.25, -0.2) is 0 Å². The molecule has 3 unspecified atom stereocenters. The van der Waals surface area contributed by atoms with Gasteiger partial charge in [-0.1, -0.05) is 22.4 Å². The predicted octanol–water partition coefficient (Wildman–Crippen LogP) is 4.72. The third-order valence-corrected chi connectivity index (χ3v) is 6.05. The first-order valence-corrected chi connectivity index (χ1v) is 8.83. The highest BCUT2D eigenvalue weighted by Crippen LogP contribution is 2.48. The Bertz CT molecular complexity index is 531. The van der Waals surface area contributed by atoms with Crippen LogP contribution in [0.3, 0.4) is 0 Å². The molecule has 1 aromatic rings. The van der Waals surface area contributed by atoms with Crippen molar-refractivity contribution in [2.24, 2.45) is 17.8 Å². The number of fused-ring (bicyclic) bond motifs is 2. The van der Waals surface area contributed by atoms with E-state index in [1.54, 1.807) is 0 Å². The van der Waals surface area contributed by atoms with E-state index in [0.717, 1.165) is 38.8 Å². The molecule has 2 fully saturated rings. The van der Waals surface area contributed by atoms with Crippen molar-refractivity contribution in [3.05, 3.63) is 32.7 Å². The van der Waals surface area contributed by atoms with Crippen LogP contribution in [0.15, 0.2) is 27.1 Å². The first-order chi connectivity index (χ1) is 9.54. The molecule has 4 heteroatoms. The maximum Gasteiger partial charge on any atom is 0.254 e. The van der Waals surface area contributed by atoms with Crippen LogP contribution < -0.4 is 0 Å². The molecule has 0 saturated heterocycles. The molecule has 3 atom stereocenters. The average Bonchev–Trinajstić information content (AvgIpc) is 3.00. The van der Waals surface area contributed by atoms with Crippen LogP contribution in [0.4, 0.5) is 0 Å². The lowest BCUT2D eigenvalue weighted by Crippen LogP contribution is -2.33. The Kier molecular flexibility index (Phi) is 4.23. The highest BCUT2D eigenvalue weighted by atomic mass is 79.9. The molecule has 0 radical (unpaired) electrons. The van der Waals surface area contributed by atoms with Crippen LogP contribution in [0.5, 0.6) is 0 Å². The van der Waals surface area contributed by atoms with Gasteiger partial charge in [-0.3, -0.25) is 4.79 Å². The molecule has 1 aromatic carbocycles. The lowest BCUT2D eigenvalue weighted by Gasteiger charge is -2.27. The average molecular weight is 401 g/mol. The summed E-state index contributed by atoms with van der Waals surface area (Å²) in [5.41, 5.74) is 0.749.